The molecule has 7 N–H and O–H groups in total. The van der Waals surface area contributed by atoms with Gasteiger partial charge >= 0.3 is 6.80 Å². The van der Waals surface area contributed by atoms with Crippen LogP contribution in [0.2, 0.25) is 0 Å². The number of thiol groups is 2. The summed E-state index contributed by atoms with van der Waals surface area (Å²) < 4.78 is 50.2. The fourth-order valence-electron chi connectivity index (χ4n) is 5.37. The molecule has 1 aliphatic carbocycles. The predicted octanol–water partition coefficient (Wildman–Crippen LogP) is -0.489. The number of thioether (sulfide) groups is 1. The molecule has 0 bridgehead atoms. The molecule has 2 aliphatic heterocycles. The van der Waals surface area contributed by atoms with Crippen LogP contribution >= 0.6 is 50.3 Å². The molecule has 44 heavy (non-hydrogen) atoms. The van der Waals surface area contributed by atoms with Gasteiger partial charge in [-0.1, -0.05) is 29.7 Å². The van der Waals surface area contributed by atoms with Gasteiger partial charge in [-0.3, -0.25) is 23.4 Å². The highest BCUT2D eigenvalue weighted by Gasteiger charge is 2.74. The first-order valence-corrected chi connectivity index (χ1v) is 18.9. The number of nitrogen functional groups attached to an aromatic ring is 2. The summed E-state index contributed by atoms with van der Waals surface area (Å²) in [7, 11) is -2.66. The summed E-state index contributed by atoms with van der Waals surface area (Å²) in [6.45, 7) is -4.56. The highest BCUT2D eigenvalue weighted by Crippen LogP contribution is 2.66. The summed E-state index contributed by atoms with van der Waals surface area (Å²) in [6, 6.07) is 0. The number of rotatable bonds is 9. The average molecular weight is 708 g/mol. The third-order valence-electron chi connectivity index (χ3n) is 7.44. The number of aromatic amines is 1. The summed E-state index contributed by atoms with van der Waals surface area (Å²) in [6.07, 6.45) is -2.51. The molecule has 6 heterocycles. The Balaban J connectivity index is 1.10. The van der Waals surface area contributed by atoms with Crippen molar-refractivity contribution in [1.29, 1.82) is 0 Å². The van der Waals surface area contributed by atoms with Crippen LogP contribution in [0, 0.1) is 0 Å². The Kier molecular flexibility index (Phi) is 7.52. The van der Waals surface area contributed by atoms with Crippen molar-refractivity contribution in [3.8, 4) is 0 Å². The molecule has 2 saturated heterocycles. The van der Waals surface area contributed by atoms with E-state index in [2.05, 4.69) is 59.8 Å². The topological polar surface area (TPSA) is 283 Å². The maximum atomic E-state index is 13.6. The number of nitrogens with one attached hydrogen (secondary N) is 1. The summed E-state index contributed by atoms with van der Waals surface area (Å²) in [5, 5.41) is 32.5. The first-order chi connectivity index (χ1) is 20.9. The molecule has 20 nitrogen and oxygen atoms in total. The van der Waals surface area contributed by atoms with Crippen LogP contribution in [0.1, 0.15) is 23.6 Å². The number of imidazole rings is 1. The lowest BCUT2D eigenvalue weighted by Crippen LogP contribution is -2.35. The predicted molar refractivity (Wildman–Crippen MR) is 159 cm³/mol. The number of ether oxygens (including phenoxy) is 1. The minimum absolute atomic E-state index is 0.0336. The van der Waals surface area contributed by atoms with E-state index in [0.717, 1.165) is 11.8 Å². The number of fused-ring (bicyclic) bond motifs is 3. The number of hydrogen-bond donors (Lipinski definition) is 7. The van der Waals surface area contributed by atoms with E-state index in [-0.39, 0.29) is 36.0 Å². The summed E-state index contributed by atoms with van der Waals surface area (Å²) in [5.41, 5.74) is 10.1. The second-order valence-corrected chi connectivity index (χ2v) is 16.3. The molecule has 3 unspecified atom stereocenters. The van der Waals surface area contributed by atoms with E-state index in [1.807, 2.05) is 0 Å². The summed E-state index contributed by atoms with van der Waals surface area (Å²) >= 11 is 8.92. The van der Waals surface area contributed by atoms with Crippen molar-refractivity contribution >= 4 is 78.9 Å². The highest BCUT2D eigenvalue weighted by atomic mass is 32.7. The van der Waals surface area contributed by atoms with Crippen LogP contribution < -0.4 is 17.0 Å². The van der Waals surface area contributed by atoms with Crippen molar-refractivity contribution in [3.63, 3.8) is 0 Å². The van der Waals surface area contributed by atoms with Gasteiger partial charge < -0.3 is 30.9 Å². The SMILES string of the molecule is Nc1nc2c(nnn2[C@@H]2S[C@H](CO[PH](=O)S)[C@@H](O)[C@H]2OP(=O)(S)OC2[C@H]3O[C@@H](c4cnc5c(N)ncnn45)C[C@@]23O)c(=O)[nH]1. The van der Waals surface area contributed by atoms with Crippen molar-refractivity contribution in [1.82, 2.24) is 44.5 Å². The lowest BCUT2D eigenvalue weighted by molar-refractivity contribution is 0.00145. The number of anilines is 2. The number of aliphatic hydroxyl groups is 2. The standard InChI is InChI=1S/C19H23N11O9P2S3/c20-13-15-22-2-5(29(15)24-4-23-13)6-1-19(33)11(37-6)12(19)39-41(35,43)38-10-9(31)7(3-36-40(34)42)44-17(10)30-14-8(27-28-30)16(32)26-18(21)25-14/h2,4,6-7,9-12,17,31,33,40H,1,3H2,(H,34,42)(H,35,43)(H2,20,23,24)(H3,21,25,26,32)/t6-,7-,9-,10-,11-,12?,17-,19+,41?/m1/s1. The fraction of sp³-hybridized carbons (Fsp3) is 0.526. The zero-order valence-electron chi connectivity index (χ0n) is 21.8. The lowest BCUT2D eigenvalue weighted by atomic mass is 10.1. The summed E-state index contributed by atoms with van der Waals surface area (Å²) in [4.78, 5) is 26.8. The molecule has 3 aliphatic rings. The largest absolute Gasteiger partial charge is 0.389 e. The quantitative estimate of drug-likeness (QED) is 0.0853. The first kappa shape index (κ1) is 30.4. The Morgan fingerprint density at radius 1 is 1.32 bits per heavy atom. The van der Waals surface area contributed by atoms with Gasteiger partial charge in [0.25, 0.3) is 5.56 Å². The molecule has 3 fully saturated rings. The summed E-state index contributed by atoms with van der Waals surface area (Å²) in [5.74, 6) is -0.0396. The highest BCUT2D eigenvalue weighted by molar-refractivity contribution is 8.44. The number of aliphatic hydroxyl groups excluding tert-OH is 1. The van der Waals surface area contributed by atoms with Crippen molar-refractivity contribution in [2.45, 2.75) is 53.2 Å². The van der Waals surface area contributed by atoms with E-state index in [1.54, 1.807) is 0 Å². The number of aromatic nitrogens is 9. The van der Waals surface area contributed by atoms with Crippen LogP contribution in [-0.2, 0) is 27.4 Å². The zero-order chi connectivity index (χ0) is 31.1. The lowest BCUT2D eigenvalue weighted by Gasteiger charge is -2.25. The third-order valence-corrected chi connectivity index (χ3v) is 11.3. The van der Waals surface area contributed by atoms with E-state index in [9.17, 15) is 24.1 Å². The molecule has 7 rings (SSSR count). The van der Waals surface area contributed by atoms with Crippen LogP contribution in [0.4, 0.5) is 11.8 Å². The molecule has 236 valence electrons. The smallest absolute Gasteiger partial charge is 0.387 e. The van der Waals surface area contributed by atoms with E-state index in [1.165, 1.54) is 21.7 Å². The number of nitrogens with two attached hydrogens (primary N) is 2. The zero-order valence-corrected chi connectivity index (χ0v) is 26.3. The normalized spacial score (nSPS) is 33.5. The van der Waals surface area contributed by atoms with Crippen LogP contribution in [0.25, 0.3) is 16.8 Å². The average Bonchev–Trinajstić information content (AvgIpc) is 3.52. The van der Waals surface area contributed by atoms with Crippen molar-refractivity contribution in [3.05, 3.63) is 28.6 Å². The monoisotopic (exact) mass is 707 g/mol. The maximum absolute atomic E-state index is 13.6. The second kappa shape index (κ2) is 10.9. The molecular formula is C19H23N11O9P2S3. The molecule has 0 aromatic carbocycles. The number of nitrogens with zero attached hydrogens (tertiary/aromatic N) is 8. The minimum atomic E-state index is -4.34. The Bertz CT molecular complexity index is 1910. The van der Waals surface area contributed by atoms with E-state index < -0.39 is 66.3 Å². The molecular weight excluding hydrogens is 684 g/mol. The third kappa shape index (κ3) is 5.13. The van der Waals surface area contributed by atoms with Gasteiger partial charge in [-0.05, 0) is 0 Å². The Morgan fingerprint density at radius 3 is 2.84 bits per heavy atom. The van der Waals surface area contributed by atoms with Gasteiger partial charge in [-0.25, -0.2) is 23.7 Å². The number of H-pyrrole nitrogens is 1. The molecule has 10 atom stereocenters. The maximum Gasteiger partial charge on any atom is 0.387 e. The van der Waals surface area contributed by atoms with Crippen LogP contribution in [0.5, 0.6) is 0 Å². The van der Waals surface area contributed by atoms with Gasteiger partial charge in [0.05, 0.1) is 29.9 Å². The molecule has 1 saturated carbocycles. The Morgan fingerprint density at radius 2 is 2.11 bits per heavy atom. The van der Waals surface area contributed by atoms with Crippen molar-refractivity contribution in [2.24, 2.45) is 0 Å². The van der Waals surface area contributed by atoms with Crippen LogP contribution in [0.15, 0.2) is 17.3 Å². The Hall–Kier alpha value is -2.30. The van der Waals surface area contributed by atoms with E-state index in [0.29, 0.717) is 11.3 Å². The molecule has 0 radical (unpaired) electrons. The molecule has 0 amide bonds. The van der Waals surface area contributed by atoms with Gasteiger partial charge in [-0.2, -0.15) is 10.1 Å². The molecule has 4 aromatic heterocycles. The Labute approximate surface area is 260 Å². The molecule has 0 spiro atoms. The molecule has 4 aromatic rings. The van der Waals surface area contributed by atoms with Crippen molar-refractivity contribution in [2.75, 3.05) is 18.1 Å². The van der Waals surface area contributed by atoms with Crippen LogP contribution in [-0.4, -0.2) is 96.6 Å². The van der Waals surface area contributed by atoms with E-state index >= 15 is 0 Å². The fourth-order valence-corrected chi connectivity index (χ4v) is 9.37. The van der Waals surface area contributed by atoms with E-state index in [4.69, 9.17) is 29.8 Å². The van der Waals surface area contributed by atoms with Gasteiger partial charge in [0, 0.05) is 6.42 Å². The van der Waals surface area contributed by atoms with Crippen molar-refractivity contribution < 1.29 is 37.7 Å². The van der Waals surface area contributed by atoms with Gasteiger partial charge in [0.1, 0.15) is 41.7 Å². The first-order valence-electron chi connectivity index (χ1n) is 12.7. The minimum Gasteiger partial charge on any atom is -0.389 e. The molecule has 25 heteroatoms. The second-order valence-electron chi connectivity index (χ2n) is 10.2. The van der Waals surface area contributed by atoms with Crippen LogP contribution in [0.3, 0.4) is 0 Å². The van der Waals surface area contributed by atoms with Gasteiger partial charge in [0.2, 0.25) is 13.2 Å². The number of hydrogen-bond acceptors (Lipinski definition) is 18. The van der Waals surface area contributed by atoms with Gasteiger partial charge in [-0.15, -0.1) is 16.9 Å². The van der Waals surface area contributed by atoms with Gasteiger partial charge in [0.15, 0.2) is 22.6 Å².